The summed E-state index contributed by atoms with van der Waals surface area (Å²) in [6.07, 6.45) is 0. The van der Waals surface area contributed by atoms with Crippen LogP contribution in [0.5, 0.6) is 0 Å². The van der Waals surface area contributed by atoms with Gasteiger partial charge in [0.25, 0.3) is 11.8 Å². The molecule has 124 valence electrons. The summed E-state index contributed by atoms with van der Waals surface area (Å²) in [5.74, 6) is -0.579. The Morgan fingerprint density at radius 1 is 1.17 bits per heavy atom. The molecule has 0 radical (unpaired) electrons. The Balaban J connectivity index is 1.70. The normalized spacial score (nSPS) is 14.8. The van der Waals surface area contributed by atoms with Crippen molar-refractivity contribution in [1.29, 1.82) is 0 Å². The van der Waals surface area contributed by atoms with Crippen molar-refractivity contribution in [1.82, 2.24) is 21.1 Å². The van der Waals surface area contributed by atoms with Crippen LogP contribution in [0.2, 0.25) is 0 Å². The van der Waals surface area contributed by atoms with Crippen molar-refractivity contribution < 1.29 is 14.3 Å². The average Bonchev–Trinajstić information content (AvgIpc) is 2.54. The van der Waals surface area contributed by atoms with Crippen molar-refractivity contribution in [3.8, 4) is 0 Å². The highest BCUT2D eigenvalue weighted by molar-refractivity contribution is 9.10. The van der Waals surface area contributed by atoms with Crippen LogP contribution in [0.3, 0.4) is 0 Å². The number of halogens is 1. The summed E-state index contributed by atoms with van der Waals surface area (Å²) in [5, 5.41) is 2.53. The molecule has 0 aliphatic carbocycles. The van der Waals surface area contributed by atoms with E-state index in [9.17, 15) is 9.59 Å². The molecule has 0 atom stereocenters. The van der Waals surface area contributed by atoms with Crippen LogP contribution in [0.4, 0.5) is 0 Å². The van der Waals surface area contributed by atoms with Crippen molar-refractivity contribution >= 4 is 45.1 Å². The lowest BCUT2D eigenvalue weighted by atomic mass is 10.2. The van der Waals surface area contributed by atoms with Crippen LogP contribution in [0.1, 0.15) is 10.4 Å². The molecule has 3 N–H and O–H groups in total. The molecule has 1 aromatic carbocycles. The van der Waals surface area contributed by atoms with Crippen LogP contribution in [0.25, 0.3) is 0 Å². The van der Waals surface area contributed by atoms with E-state index < -0.39 is 0 Å². The number of nitrogens with zero attached hydrogens (tertiary/aromatic N) is 1. The van der Waals surface area contributed by atoms with E-state index in [1.165, 1.54) is 0 Å². The number of thiocarbonyl (C=S) groups is 1. The molecule has 1 heterocycles. The maximum Gasteiger partial charge on any atom is 0.257 e. The van der Waals surface area contributed by atoms with E-state index in [1.54, 1.807) is 24.3 Å². The van der Waals surface area contributed by atoms with Crippen LogP contribution in [-0.4, -0.2) is 54.7 Å². The van der Waals surface area contributed by atoms with Crippen molar-refractivity contribution in [3.05, 3.63) is 34.3 Å². The van der Waals surface area contributed by atoms with Gasteiger partial charge in [-0.15, -0.1) is 0 Å². The largest absolute Gasteiger partial charge is 0.379 e. The molecule has 0 saturated carbocycles. The molecule has 1 fully saturated rings. The SMILES string of the molecule is O=C(CN1CCOCC1)NNC(=S)NC(=O)c1ccc(Br)cc1. The Morgan fingerprint density at radius 2 is 1.83 bits per heavy atom. The van der Waals surface area contributed by atoms with Crippen LogP contribution in [0, 0.1) is 0 Å². The first-order valence-corrected chi connectivity index (χ1v) is 8.20. The maximum absolute atomic E-state index is 11.9. The average molecular weight is 401 g/mol. The fourth-order valence-corrected chi connectivity index (χ4v) is 2.34. The zero-order valence-electron chi connectivity index (χ0n) is 12.3. The number of carbonyl (C=O) groups is 2. The first-order valence-electron chi connectivity index (χ1n) is 7.00. The third-order valence-electron chi connectivity index (χ3n) is 3.12. The van der Waals surface area contributed by atoms with E-state index in [0.29, 0.717) is 18.8 Å². The first-order chi connectivity index (χ1) is 11.0. The second-order valence-corrected chi connectivity index (χ2v) is 6.18. The van der Waals surface area contributed by atoms with Gasteiger partial charge in [0.15, 0.2) is 5.11 Å². The van der Waals surface area contributed by atoms with Gasteiger partial charge < -0.3 is 4.74 Å². The van der Waals surface area contributed by atoms with Crippen molar-refractivity contribution in [2.75, 3.05) is 32.8 Å². The molecule has 2 amide bonds. The van der Waals surface area contributed by atoms with Crippen LogP contribution >= 0.6 is 28.1 Å². The summed E-state index contributed by atoms with van der Waals surface area (Å²) in [7, 11) is 0. The molecule has 1 aliphatic heterocycles. The predicted molar refractivity (Wildman–Crippen MR) is 92.7 cm³/mol. The molecule has 9 heteroatoms. The van der Waals surface area contributed by atoms with Crippen molar-refractivity contribution in [3.63, 3.8) is 0 Å². The van der Waals surface area contributed by atoms with E-state index in [4.69, 9.17) is 17.0 Å². The number of benzene rings is 1. The molecule has 2 rings (SSSR count). The Labute approximate surface area is 147 Å². The Kier molecular flexibility index (Phi) is 6.90. The third kappa shape index (κ3) is 6.22. The Bertz CT molecular complexity index is 576. The van der Waals surface area contributed by atoms with Gasteiger partial charge in [-0.1, -0.05) is 15.9 Å². The van der Waals surface area contributed by atoms with E-state index >= 15 is 0 Å². The third-order valence-corrected chi connectivity index (χ3v) is 3.85. The molecular weight excluding hydrogens is 384 g/mol. The van der Waals surface area contributed by atoms with Crippen LogP contribution in [-0.2, 0) is 9.53 Å². The topological polar surface area (TPSA) is 82.7 Å². The minimum absolute atomic E-state index is 0.0354. The number of amides is 2. The minimum Gasteiger partial charge on any atom is -0.379 e. The van der Waals surface area contributed by atoms with Gasteiger partial charge in [-0.3, -0.25) is 30.7 Å². The molecular formula is C14H17BrN4O3S. The summed E-state index contributed by atoms with van der Waals surface area (Å²) < 4.78 is 6.09. The summed E-state index contributed by atoms with van der Waals surface area (Å²) in [5.41, 5.74) is 5.45. The highest BCUT2D eigenvalue weighted by Crippen LogP contribution is 2.10. The Morgan fingerprint density at radius 3 is 2.48 bits per heavy atom. The van der Waals surface area contributed by atoms with E-state index in [2.05, 4.69) is 32.1 Å². The fraction of sp³-hybridized carbons (Fsp3) is 0.357. The fourth-order valence-electron chi connectivity index (χ4n) is 1.94. The molecule has 1 saturated heterocycles. The smallest absolute Gasteiger partial charge is 0.257 e. The number of ether oxygens (including phenoxy) is 1. The Hall–Kier alpha value is -1.55. The van der Waals surface area contributed by atoms with Gasteiger partial charge in [0.2, 0.25) is 0 Å². The second-order valence-electron chi connectivity index (χ2n) is 4.85. The molecule has 0 spiro atoms. The molecule has 0 aromatic heterocycles. The van der Waals surface area contributed by atoms with Gasteiger partial charge in [-0.2, -0.15) is 0 Å². The summed E-state index contributed by atoms with van der Waals surface area (Å²) >= 11 is 8.28. The van der Waals surface area contributed by atoms with E-state index in [-0.39, 0.29) is 23.5 Å². The quantitative estimate of drug-likeness (QED) is 0.503. The summed E-state index contributed by atoms with van der Waals surface area (Å²) in [6, 6.07) is 6.85. The first kappa shape index (κ1) is 17.8. The lowest BCUT2D eigenvalue weighted by molar-refractivity contribution is -0.123. The van der Waals surface area contributed by atoms with E-state index in [1.807, 2.05) is 4.90 Å². The van der Waals surface area contributed by atoms with Gasteiger partial charge in [0.05, 0.1) is 19.8 Å². The second kappa shape index (κ2) is 8.92. The van der Waals surface area contributed by atoms with Gasteiger partial charge in [0, 0.05) is 23.1 Å². The number of nitrogens with one attached hydrogen (secondary N) is 3. The minimum atomic E-state index is -0.350. The maximum atomic E-state index is 11.9. The zero-order chi connectivity index (χ0) is 16.7. The molecule has 0 unspecified atom stereocenters. The van der Waals surface area contributed by atoms with Gasteiger partial charge in [-0.25, -0.2) is 0 Å². The molecule has 1 aliphatic rings. The molecule has 23 heavy (non-hydrogen) atoms. The molecule has 1 aromatic rings. The van der Waals surface area contributed by atoms with Gasteiger partial charge >= 0.3 is 0 Å². The summed E-state index contributed by atoms with van der Waals surface area (Å²) in [4.78, 5) is 25.7. The number of hydrogen-bond acceptors (Lipinski definition) is 5. The number of carbonyl (C=O) groups excluding carboxylic acids is 2. The number of hydrazine groups is 1. The van der Waals surface area contributed by atoms with Crippen LogP contribution in [0.15, 0.2) is 28.7 Å². The number of hydrogen-bond donors (Lipinski definition) is 3. The lowest BCUT2D eigenvalue weighted by Gasteiger charge is -2.25. The van der Waals surface area contributed by atoms with Crippen LogP contribution < -0.4 is 16.2 Å². The lowest BCUT2D eigenvalue weighted by Crippen LogP contribution is -2.52. The van der Waals surface area contributed by atoms with Crippen molar-refractivity contribution in [2.24, 2.45) is 0 Å². The highest BCUT2D eigenvalue weighted by Gasteiger charge is 2.14. The van der Waals surface area contributed by atoms with Gasteiger partial charge in [-0.05, 0) is 36.5 Å². The number of morpholine rings is 1. The predicted octanol–water partition coefficient (Wildman–Crippen LogP) is 0.417. The molecule has 0 bridgehead atoms. The monoisotopic (exact) mass is 400 g/mol. The number of rotatable bonds is 3. The van der Waals surface area contributed by atoms with Gasteiger partial charge in [0.1, 0.15) is 0 Å². The summed E-state index contributed by atoms with van der Waals surface area (Å²) in [6.45, 7) is 2.95. The van der Waals surface area contributed by atoms with E-state index in [0.717, 1.165) is 17.6 Å². The molecule has 7 nitrogen and oxygen atoms in total. The highest BCUT2D eigenvalue weighted by atomic mass is 79.9. The standard InChI is InChI=1S/C14H17BrN4O3S/c15-11-3-1-10(2-4-11)13(21)16-14(23)18-17-12(20)9-19-5-7-22-8-6-19/h1-4H,5-9H2,(H,17,20)(H2,16,18,21,23). The zero-order valence-corrected chi connectivity index (χ0v) is 14.7. The van der Waals surface area contributed by atoms with Crippen molar-refractivity contribution in [2.45, 2.75) is 0 Å².